The van der Waals surface area contributed by atoms with Crippen LogP contribution in [0.4, 0.5) is 8.78 Å². The number of ether oxygens (including phenoxy) is 2. The maximum atomic E-state index is 14.2. The third kappa shape index (κ3) is 7.78. The van der Waals surface area contributed by atoms with Crippen molar-refractivity contribution in [2.75, 3.05) is 32.9 Å². The van der Waals surface area contributed by atoms with E-state index in [0.29, 0.717) is 44.2 Å². The monoisotopic (exact) mass is 666 g/mol. The van der Waals surface area contributed by atoms with E-state index in [1.807, 2.05) is 13.0 Å². The first-order valence-electron chi connectivity index (χ1n) is 16.4. The molecule has 2 bridgehead atoms. The number of fused-ring (bicyclic) bond motifs is 2. The number of benzene rings is 2. The van der Waals surface area contributed by atoms with E-state index in [0.717, 1.165) is 71.3 Å². The van der Waals surface area contributed by atoms with E-state index in [1.54, 1.807) is 6.20 Å². The standard InChI is InChI=1S/C36H41ClF2N4O4/c1-21-26(13-14-41-36(21)47-17-3-15-44)33(24-9-10-24)43-35(45)31-27(18-25-19-40-20-30(31)42-25)23-7-5-22(6-8-23)4-2-16-46-34-29(39)12-11-28(38)32(34)37/h5-8,11-14,24-25,30,33,40,42,44H,2-4,9-10,15-20H2,1H3,(H,43,45)/t25?,30-,33?/m1/s1. The number of aryl methyl sites for hydroxylation is 1. The van der Waals surface area contributed by atoms with Crippen molar-refractivity contribution in [3.05, 3.63) is 93.1 Å². The molecule has 2 aliphatic heterocycles. The number of amides is 1. The van der Waals surface area contributed by atoms with Gasteiger partial charge in [-0.05, 0) is 85.4 Å². The summed E-state index contributed by atoms with van der Waals surface area (Å²) in [5.41, 5.74) is 5.83. The van der Waals surface area contributed by atoms with E-state index in [1.165, 1.54) is 0 Å². The average molecular weight is 667 g/mol. The van der Waals surface area contributed by atoms with Crippen LogP contribution in [0.15, 0.2) is 54.2 Å². The van der Waals surface area contributed by atoms with E-state index < -0.39 is 11.6 Å². The molecular formula is C36H41ClF2N4O4. The van der Waals surface area contributed by atoms with Gasteiger partial charge in [-0.25, -0.2) is 13.8 Å². The summed E-state index contributed by atoms with van der Waals surface area (Å²) < 4.78 is 39.0. The van der Waals surface area contributed by atoms with E-state index in [9.17, 15) is 13.6 Å². The van der Waals surface area contributed by atoms with Gasteiger partial charge in [0.2, 0.25) is 11.8 Å². The maximum Gasteiger partial charge on any atom is 0.249 e. The fourth-order valence-electron chi connectivity index (χ4n) is 6.56. The summed E-state index contributed by atoms with van der Waals surface area (Å²) in [6, 6.07) is 12.1. The smallest absolute Gasteiger partial charge is 0.249 e. The normalized spacial score (nSPS) is 19.8. The van der Waals surface area contributed by atoms with Gasteiger partial charge in [0.1, 0.15) is 10.8 Å². The SMILES string of the molecule is Cc1c(C(NC(=O)C2=C(c3ccc(CCCOc4c(F)ccc(F)c4Cl)cc3)CC3CNC[C@H]2N3)C2CC2)ccnc1OCCCO. The second-order valence-electron chi connectivity index (χ2n) is 12.5. The lowest BCUT2D eigenvalue weighted by atomic mass is 9.83. The second kappa shape index (κ2) is 15.1. The van der Waals surface area contributed by atoms with Gasteiger partial charge in [0.15, 0.2) is 11.6 Å². The Bertz CT molecular complexity index is 1620. The Balaban J connectivity index is 1.18. The first-order chi connectivity index (χ1) is 22.8. The minimum absolute atomic E-state index is 0.0512. The molecule has 1 saturated heterocycles. The highest BCUT2D eigenvalue weighted by Gasteiger charge is 2.39. The zero-order valence-corrected chi connectivity index (χ0v) is 27.2. The molecule has 3 heterocycles. The number of hydrogen-bond acceptors (Lipinski definition) is 7. The molecule has 11 heteroatoms. The molecule has 2 fully saturated rings. The molecule has 3 aromatic rings. The van der Waals surface area contributed by atoms with Crippen molar-refractivity contribution in [1.82, 2.24) is 20.9 Å². The molecule has 1 aliphatic carbocycles. The summed E-state index contributed by atoms with van der Waals surface area (Å²) in [5.74, 6) is -0.863. The molecule has 1 amide bonds. The van der Waals surface area contributed by atoms with Crippen molar-refractivity contribution in [3.63, 3.8) is 0 Å². The van der Waals surface area contributed by atoms with Gasteiger partial charge in [-0.3, -0.25) is 4.79 Å². The number of hydrogen-bond donors (Lipinski definition) is 4. The molecule has 250 valence electrons. The average Bonchev–Trinajstić information content (AvgIpc) is 3.92. The number of aliphatic hydroxyl groups is 1. The van der Waals surface area contributed by atoms with Gasteiger partial charge in [-0.15, -0.1) is 0 Å². The van der Waals surface area contributed by atoms with Crippen LogP contribution in [-0.4, -0.2) is 61.0 Å². The molecule has 4 N–H and O–H groups in total. The quantitative estimate of drug-likeness (QED) is 0.134. The molecule has 1 saturated carbocycles. The van der Waals surface area contributed by atoms with Crippen LogP contribution >= 0.6 is 11.6 Å². The number of carbonyl (C=O) groups is 1. The number of carbonyl (C=O) groups excluding carboxylic acids is 1. The maximum absolute atomic E-state index is 14.2. The van der Waals surface area contributed by atoms with Gasteiger partial charge < -0.3 is 30.5 Å². The molecule has 1 aromatic heterocycles. The zero-order valence-electron chi connectivity index (χ0n) is 26.5. The molecule has 2 unspecified atom stereocenters. The molecule has 3 aliphatic rings. The van der Waals surface area contributed by atoms with E-state index in [2.05, 4.69) is 45.2 Å². The number of aliphatic hydroxyl groups excluding tert-OH is 1. The Morgan fingerprint density at radius 1 is 1.06 bits per heavy atom. The first-order valence-corrected chi connectivity index (χ1v) is 16.8. The largest absolute Gasteiger partial charge is 0.489 e. The lowest BCUT2D eigenvalue weighted by Gasteiger charge is -2.40. The van der Waals surface area contributed by atoms with Crippen molar-refractivity contribution in [2.45, 2.75) is 63.6 Å². The van der Waals surface area contributed by atoms with Gasteiger partial charge in [-0.2, -0.15) is 0 Å². The van der Waals surface area contributed by atoms with Crippen LogP contribution in [0.2, 0.25) is 5.02 Å². The highest BCUT2D eigenvalue weighted by atomic mass is 35.5. The summed E-state index contributed by atoms with van der Waals surface area (Å²) in [4.78, 5) is 18.7. The Labute approximate surface area is 278 Å². The predicted molar refractivity (Wildman–Crippen MR) is 177 cm³/mol. The van der Waals surface area contributed by atoms with Gasteiger partial charge >= 0.3 is 0 Å². The zero-order chi connectivity index (χ0) is 32.9. The Hall–Kier alpha value is -3.57. The Morgan fingerprint density at radius 2 is 1.83 bits per heavy atom. The Kier molecular flexibility index (Phi) is 10.7. The number of nitrogens with zero attached hydrogens (tertiary/aromatic N) is 1. The lowest BCUT2D eigenvalue weighted by molar-refractivity contribution is -0.118. The summed E-state index contributed by atoms with van der Waals surface area (Å²) in [6.45, 7) is 4.10. The third-order valence-corrected chi connectivity index (χ3v) is 9.51. The number of nitrogens with one attached hydrogen (secondary N) is 3. The Morgan fingerprint density at radius 3 is 2.60 bits per heavy atom. The van der Waals surface area contributed by atoms with Crippen molar-refractivity contribution >= 4 is 23.1 Å². The summed E-state index contributed by atoms with van der Waals surface area (Å²) in [6.07, 6.45) is 6.33. The van der Waals surface area contributed by atoms with Crippen molar-refractivity contribution in [3.8, 4) is 11.6 Å². The number of aromatic nitrogens is 1. The summed E-state index contributed by atoms with van der Waals surface area (Å²) in [5, 5.41) is 19.4. The summed E-state index contributed by atoms with van der Waals surface area (Å²) >= 11 is 5.87. The minimum Gasteiger partial charge on any atom is -0.489 e. The fraction of sp³-hybridized carbons (Fsp3) is 0.444. The molecule has 8 nitrogen and oxygen atoms in total. The summed E-state index contributed by atoms with van der Waals surface area (Å²) in [7, 11) is 0. The molecular weight excluding hydrogens is 626 g/mol. The van der Waals surface area contributed by atoms with Gasteiger partial charge in [-0.1, -0.05) is 35.9 Å². The third-order valence-electron chi connectivity index (χ3n) is 9.16. The van der Waals surface area contributed by atoms with E-state index in [4.69, 9.17) is 26.2 Å². The lowest BCUT2D eigenvalue weighted by Crippen LogP contribution is -2.59. The van der Waals surface area contributed by atoms with Gasteiger partial charge in [0.25, 0.3) is 0 Å². The van der Waals surface area contributed by atoms with Crippen LogP contribution in [0.1, 0.15) is 60.4 Å². The number of halogens is 3. The molecule has 6 rings (SSSR count). The number of piperazine rings is 1. The van der Waals surface area contributed by atoms with Crippen LogP contribution in [-0.2, 0) is 11.2 Å². The molecule has 2 aromatic carbocycles. The number of pyridine rings is 1. The van der Waals surface area contributed by atoms with Crippen molar-refractivity contribution < 1.29 is 28.2 Å². The molecule has 0 radical (unpaired) electrons. The van der Waals surface area contributed by atoms with Crippen LogP contribution in [0.25, 0.3) is 5.57 Å². The van der Waals surface area contributed by atoms with Crippen molar-refractivity contribution in [1.29, 1.82) is 0 Å². The molecule has 0 spiro atoms. The minimum atomic E-state index is -0.719. The van der Waals surface area contributed by atoms with Crippen LogP contribution < -0.4 is 25.4 Å². The molecule has 47 heavy (non-hydrogen) atoms. The van der Waals surface area contributed by atoms with E-state index >= 15 is 0 Å². The van der Waals surface area contributed by atoms with Gasteiger partial charge in [0, 0.05) is 49.5 Å². The van der Waals surface area contributed by atoms with Crippen LogP contribution in [0.5, 0.6) is 11.6 Å². The predicted octanol–water partition coefficient (Wildman–Crippen LogP) is 5.45. The van der Waals surface area contributed by atoms with Crippen LogP contribution in [0.3, 0.4) is 0 Å². The second-order valence-corrected chi connectivity index (χ2v) is 12.9. The van der Waals surface area contributed by atoms with Gasteiger partial charge in [0.05, 0.1) is 25.3 Å². The fourth-order valence-corrected chi connectivity index (χ4v) is 6.77. The topological polar surface area (TPSA) is 105 Å². The van der Waals surface area contributed by atoms with E-state index in [-0.39, 0.29) is 48.0 Å². The van der Waals surface area contributed by atoms with Crippen LogP contribution in [0, 0.1) is 24.5 Å². The van der Waals surface area contributed by atoms with Crippen molar-refractivity contribution in [2.24, 2.45) is 5.92 Å². The number of rotatable bonds is 14. The first kappa shape index (κ1) is 33.3. The molecule has 3 atom stereocenters. The highest BCUT2D eigenvalue weighted by Crippen LogP contribution is 2.43. The highest BCUT2D eigenvalue weighted by molar-refractivity contribution is 6.32.